The minimum Gasteiger partial charge on any atom is -0.497 e. The van der Waals surface area contributed by atoms with E-state index in [1.807, 2.05) is 53.1 Å². The summed E-state index contributed by atoms with van der Waals surface area (Å²) in [5, 5.41) is 0. The zero-order valence-electron chi connectivity index (χ0n) is 15.2. The molecule has 2 heterocycles. The summed E-state index contributed by atoms with van der Waals surface area (Å²) < 4.78 is 12.3. The number of esters is 1. The number of imidazole rings is 1. The van der Waals surface area contributed by atoms with Crippen molar-refractivity contribution in [1.29, 1.82) is 0 Å². The lowest BCUT2D eigenvalue weighted by molar-refractivity contribution is 0.0518. The number of para-hydroxylation sites is 1. The molecule has 0 N–H and O–H groups in total. The summed E-state index contributed by atoms with van der Waals surface area (Å²) in [6.45, 7) is 2.42. The number of fused-ring (bicyclic) bond motifs is 3. The van der Waals surface area contributed by atoms with Gasteiger partial charge in [-0.2, -0.15) is 0 Å². The van der Waals surface area contributed by atoms with Crippen molar-refractivity contribution in [2.24, 2.45) is 4.99 Å². The summed E-state index contributed by atoms with van der Waals surface area (Å²) in [5.41, 5.74) is 4.80. The van der Waals surface area contributed by atoms with Crippen molar-refractivity contribution < 1.29 is 14.3 Å². The number of hydrogen-bond acceptors (Lipinski definition) is 5. The van der Waals surface area contributed by atoms with E-state index >= 15 is 0 Å². The van der Waals surface area contributed by atoms with Gasteiger partial charge in [0.25, 0.3) is 0 Å². The monoisotopic (exact) mass is 361 g/mol. The number of benzene rings is 2. The van der Waals surface area contributed by atoms with Crippen molar-refractivity contribution in [3.63, 3.8) is 0 Å². The van der Waals surface area contributed by atoms with Crippen LogP contribution in [0, 0.1) is 0 Å². The molecule has 0 radical (unpaired) electrons. The largest absolute Gasteiger partial charge is 0.497 e. The van der Waals surface area contributed by atoms with Gasteiger partial charge in [0.1, 0.15) is 12.1 Å². The van der Waals surface area contributed by atoms with Gasteiger partial charge in [-0.15, -0.1) is 0 Å². The number of hydrogen-bond donors (Lipinski definition) is 0. The molecule has 1 aliphatic rings. The van der Waals surface area contributed by atoms with Gasteiger partial charge in [-0.05, 0) is 37.3 Å². The molecule has 0 saturated carbocycles. The van der Waals surface area contributed by atoms with Crippen LogP contribution in [0.2, 0.25) is 0 Å². The Kier molecular flexibility index (Phi) is 4.46. The lowest BCUT2D eigenvalue weighted by Crippen LogP contribution is -2.09. The molecule has 27 heavy (non-hydrogen) atoms. The van der Waals surface area contributed by atoms with Gasteiger partial charge in [0.2, 0.25) is 0 Å². The van der Waals surface area contributed by atoms with Crippen LogP contribution in [0.15, 0.2) is 59.9 Å². The minimum atomic E-state index is -0.424. The van der Waals surface area contributed by atoms with Gasteiger partial charge in [-0.25, -0.2) is 9.78 Å². The predicted molar refractivity (Wildman–Crippen MR) is 102 cm³/mol. The Bertz CT molecular complexity index is 1020. The summed E-state index contributed by atoms with van der Waals surface area (Å²) in [6, 6.07) is 15.8. The lowest BCUT2D eigenvalue weighted by atomic mass is 10.0. The van der Waals surface area contributed by atoms with Crippen molar-refractivity contribution in [1.82, 2.24) is 9.55 Å². The number of nitrogens with zero attached hydrogens (tertiary/aromatic N) is 3. The predicted octanol–water partition coefficient (Wildman–Crippen LogP) is 3.41. The van der Waals surface area contributed by atoms with E-state index in [1.165, 1.54) is 0 Å². The first-order valence-corrected chi connectivity index (χ1v) is 8.75. The maximum atomic E-state index is 12.3. The van der Waals surface area contributed by atoms with E-state index in [2.05, 4.69) is 4.98 Å². The van der Waals surface area contributed by atoms with Gasteiger partial charge in [0.15, 0.2) is 5.69 Å². The van der Waals surface area contributed by atoms with E-state index < -0.39 is 5.97 Å². The second kappa shape index (κ2) is 7.07. The molecule has 1 aromatic heterocycles. The van der Waals surface area contributed by atoms with Crippen molar-refractivity contribution in [3.05, 3.63) is 77.4 Å². The van der Waals surface area contributed by atoms with Crippen LogP contribution in [-0.4, -0.2) is 34.9 Å². The third-order valence-corrected chi connectivity index (χ3v) is 4.50. The molecule has 0 spiro atoms. The zero-order chi connectivity index (χ0) is 18.8. The third kappa shape index (κ3) is 2.99. The van der Waals surface area contributed by atoms with Gasteiger partial charge in [0.05, 0.1) is 37.4 Å². The first kappa shape index (κ1) is 17.0. The van der Waals surface area contributed by atoms with Crippen LogP contribution in [0.25, 0.3) is 5.69 Å². The number of carbonyl (C=O) groups is 1. The highest BCUT2D eigenvalue weighted by atomic mass is 16.5. The quantitative estimate of drug-likeness (QED) is 0.668. The maximum absolute atomic E-state index is 12.3. The van der Waals surface area contributed by atoms with Gasteiger partial charge in [-0.1, -0.05) is 18.2 Å². The Labute approximate surface area is 157 Å². The normalized spacial score (nSPS) is 12.4. The average Bonchev–Trinajstić information content (AvgIpc) is 3.06. The molecule has 0 unspecified atom stereocenters. The number of ether oxygens (including phenoxy) is 2. The summed E-state index contributed by atoms with van der Waals surface area (Å²) in [7, 11) is 1.64. The van der Waals surface area contributed by atoms with E-state index in [-0.39, 0.29) is 0 Å². The molecule has 0 aliphatic carbocycles. The van der Waals surface area contributed by atoms with Crippen molar-refractivity contribution >= 4 is 11.7 Å². The van der Waals surface area contributed by atoms with Crippen LogP contribution in [-0.2, 0) is 11.3 Å². The summed E-state index contributed by atoms with van der Waals surface area (Å²) in [4.78, 5) is 21.4. The summed E-state index contributed by atoms with van der Waals surface area (Å²) in [5.74, 6) is 0.369. The van der Waals surface area contributed by atoms with Crippen LogP contribution >= 0.6 is 0 Å². The van der Waals surface area contributed by atoms with Crippen LogP contribution in [0.4, 0.5) is 0 Å². The molecule has 3 aromatic rings. The van der Waals surface area contributed by atoms with Crippen LogP contribution in [0.3, 0.4) is 0 Å². The number of methoxy groups -OCH3 is 1. The first-order valence-electron chi connectivity index (χ1n) is 8.75. The highest BCUT2D eigenvalue weighted by Crippen LogP contribution is 2.27. The molecule has 6 nitrogen and oxygen atoms in total. The van der Waals surface area contributed by atoms with Crippen molar-refractivity contribution in [3.8, 4) is 11.4 Å². The van der Waals surface area contributed by atoms with E-state index in [0.29, 0.717) is 18.8 Å². The Morgan fingerprint density at radius 1 is 1.15 bits per heavy atom. The van der Waals surface area contributed by atoms with E-state index in [1.54, 1.807) is 20.4 Å². The van der Waals surface area contributed by atoms with Gasteiger partial charge < -0.3 is 9.47 Å². The Hall–Kier alpha value is -3.41. The average molecular weight is 361 g/mol. The standard InChI is InChI=1S/C21H19N3O3/c1-3-27-21(25)20-18-12-22-19(14-8-10-15(26-2)11-9-14)16-6-4-5-7-17(16)24(18)13-23-20/h4-11,13H,3,12H2,1-2H3. The molecule has 0 fully saturated rings. The Morgan fingerprint density at radius 2 is 1.93 bits per heavy atom. The van der Waals surface area contributed by atoms with Gasteiger partial charge in [-0.3, -0.25) is 9.56 Å². The SMILES string of the molecule is CCOC(=O)c1ncn2c1CN=C(c1ccc(OC)cc1)c1ccccc1-2. The molecule has 6 heteroatoms. The molecule has 0 atom stereocenters. The third-order valence-electron chi connectivity index (χ3n) is 4.50. The van der Waals surface area contributed by atoms with Crippen LogP contribution in [0.5, 0.6) is 5.75 Å². The topological polar surface area (TPSA) is 65.7 Å². The minimum absolute atomic E-state index is 0.308. The smallest absolute Gasteiger partial charge is 0.358 e. The van der Waals surface area contributed by atoms with Crippen LogP contribution in [0.1, 0.15) is 34.2 Å². The molecule has 2 aromatic carbocycles. The fraction of sp³-hybridized carbons (Fsp3) is 0.190. The van der Waals surface area contributed by atoms with E-state index in [4.69, 9.17) is 14.5 Å². The maximum Gasteiger partial charge on any atom is 0.358 e. The fourth-order valence-corrected chi connectivity index (χ4v) is 3.22. The molecule has 0 bridgehead atoms. The fourth-order valence-electron chi connectivity index (χ4n) is 3.22. The summed E-state index contributed by atoms with van der Waals surface area (Å²) >= 11 is 0. The first-order chi connectivity index (χ1) is 13.2. The molecule has 1 aliphatic heterocycles. The highest BCUT2D eigenvalue weighted by Gasteiger charge is 2.24. The molecular weight excluding hydrogens is 342 g/mol. The Morgan fingerprint density at radius 3 is 2.67 bits per heavy atom. The summed E-state index contributed by atoms with van der Waals surface area (Å²) in [6.07, 6.45) is 1.66. The molecule has 0 amide bonds. The van der Waals surface area contributed by atoms with Gasteiger partial charge >= 0.3 is 5.97 Å². The van der Waals surface area contributed by atoms with Crippen molar-refractivity contribution in [2.75, 3.05) is 13.7 Å². The van der Waals surface area contributed by atoms with E-state index in [9.17, 15) is 4.79 Å². The molecule has 136 valence electrons. The highest BCUT2D eigenvalue weighted by molar-refractivity contribution is 6.15. The number of aliphatic imine (C=N–C) groups is 1. The molecule has 0 saturated heterocycles. The number of aromatic nitrogens is 2. The van der Waals surface area contributed by atoms with Crippen LogP contribution < -0.4 is 4.74 Å². The Balaban J connectivity index is 1.85. The number of carbonyl (C=O) groups excluding carboxylic acids is 1. The number of rotatable bonds is 4. The van der Waals surface area contributed by atoms with Gasteiger partial charge in [0, 0.05) is 11.1 Å². The second-order valence-electron chi connectivity index (χ2n) is 6.04. The zero-order valence-corrected chi connectivity index (χ0v) is 15.2. The van der Waals surface area contributed by atoms with Crippen molar-refractivity contribution in [2.45, 2.75) is 13.5 Å². The lowest BCUT2D eigenvalue weighted by Gasteiger charge is -2.11. The second-order valence-corrected chi connectivity index (χ2v) is 6.04. The molecular formula is C21H19N3O3. The van der Waals surface area contributed by atoms with E-state index in [0.717, 1.165) is 34.0 Å². The molecule has 4 rings (SSSR count).